The second kappa shape index (κ2) is 6.85. The first-order valence-electron chi connectivity index (χ1n) is 6.49. The molecule has 0 saturated carbocycles. The van der Waals surface area contributed by atoms with Gasteiger partial charge in [-0.15, -0.1) is 0 Å². The van der Waals surface area contributed by atoms with E-state index in [9.17, 15) is 0 Å². The van der Waals surface area contributed by atoms with E-state index in [1.807, 2.05) is 25.1 Å². The van der Waals surface area contributed by atoms with Gasteiger partial charge < -0.3 is 10.1 Å². The van der Waals surface area contributed by atoms with Crippen LogP contribution in [0.4, 0.5) is 0 Å². The lowest BCUT2D eigenvalue weighted by Gasteiger charge is -2.14. The lowest BCUT2D eigenvalue weighted by molar-refractivity contribution is 0.267. The molecule has 0 aliphatic carbocycles. The molecule has 6 heteroatoms. The van der Waals surface area contributed by atoms with Gasteiger partial charge in [-0.05, 0) is 28.9 Å². The van der Waals surface area contributed by atoms with Crippen LogP contribution < -0.4 is 10.1 Å². The predicted molar refractivity (Wildman–Crippen MR) is 79.5 cm³/mol. The number of hydrogen-bond donors (Lipinski definition) is 1. The summed E-state index contributed by atoms with van der Waals surface area (Å²) in [5.41, 5.74) is 2.56. The SMILES string of the molecule is Cc1nonc1COc1c(Br)cccc1CNC(C)C. The molecule has 0 aliphatic rings. The third-order valence-electron chi connectivity index (χ3n) is 2.85. The average Bonchev–Trinajstić information content (AvgIpc) is 2.81. The quantitative estimate of drug-likeness (QED) is 0.875. The Kier molecular flexibility index (Phi) is 5.14. The number of ether oxygens (including phenoxy) is 1. The van der Waals surface area contributed by atoms with Gasteiger partial charge in [0.15, 0.2) is 0 Å². The Bertz CT molecular complexity index is 569. The molecular weight excluding hydrogens is 322 g/mol. The first-order chi connectivity index (χ1) is 9.58. The average molecular weight is 340 g/mol. The van der Waals surface area contributed by atoms with Crippen LogP contribution in [0.5, 0.6) is 5.75 Å². The summed E-state index contributed by atoms with van der Waals surface area (Å²) < 4.78 is 11.5. The Morgan fingerprint density at radius 1 is 1.35 bits per heavy atom. The summed E-state index contributed by atoms with van der Waals surface area (Å²) in [4.78, 5) is 0. The fourth-order valence-corrected chi connectivity index (χ4v) is 2.21. The maximum atomic E-state index is 5.88. The summed E-state index contributed by atoms with van der Waals surface area (Å²) in [7, 11) is 0. The van der Waals surface area contributed by atoms with Gasteiger partial charge in [0.1, 0.15) is 23.7 Å². The van der Waals surface area contributed by atoms with Crippen molar-refractivity contribution in [1.82, 2.24) is 15.6 Å². The molecule has 0 aliphatic heterocycles. The van der Waals surface area contributed by atoms with Crippen molar-refractivity contribution >= 4 is 15.9 Å². The van der Waals surface area contributed by atoms with E-state index in [1.54, 1.807) is 0 Å². The molecule has 0 spiro atoms. The highest BCUT2D eigenvalue weighted by Crippen LogP contribution is 2.30. The van der Waals surface area contributed by atoms with Gasteiger partial charge in [0.2, 0.25) is 0 Å². The van der Waals surface area contributed by atoms with Gasteiger partial charge in [-0.1, -0.05) is 36.3 Å². The summed E-state index contributed by atoms with van der Waals surface area (Å²) in [6.45, 7) is 7.16. The molecule has 108 valence electrons. The van der Waals surface area contributed by atoms with Crippen LogP contribution in [0.25, 0.3) is 0 Å². The molecule has 20 heavy (non-hydrogen) atoms. The first-order valence-corrected chi connectivity index (χ1v) is 7.29. The Labute approximate surface area is 126 Å². The van der Waals surface area contributed by atoms with E-state index in [1.165, 1.54) is 0 Å². The fraction of sp³-hybridized carbons (Fsp3) is 0.429. The molecule has 0 bridgehead atoms. The van der Waals surface area contributed by atoms with Crippen LogP contribution in [0.3, 0.4) is 0 Å². The monoisotopic (exact) mass is 339 g/mol. The summed E-state index contributed by atoms with van der Waals surface area (Å²) in [5.74, 6) is 0.822. The lowest BCUT2D eigenvalue weighted by Crippen LogP contribution is -2.22. The molecule has 1 heterocycles. The third kappa shape index (κ3) is 3.80. The minimum Gasteiger partial charge on any atom is -0.486 e. The number of halogens is 1. The van der Waals surface area contributed by atoms with E-state index < -0.39 is 0 Å². The number of para-hydroxylation sites is 1. The maximum absolute atomic E-state index is 5.88. The fourth-order valence-electron chi connectivity index (χ4n) is 1.69. The Morgan fingerprint density at radius 2 is 2.15 bits per heavy atom. The van der Waals surface area contributed by atoms with Crippen molar-refractivity contribution in [1.29, 1.82) is 0 Å². The number of aryl methyl sites for hydroxylation is 1. The number of benzene rings is 1. The van der Waals surface area contributed by atoms with E-state index >= 15 is 0 Å². The number of aromatic nitrogens is 2. The van der Waals surface area contributed by atoms with Crippen molar-refractivity contribution in [3.05, 3.63) is 39.6 Å². The smallest absolute Gasteiger partial charge is 0.145 e. The maximum Gasteiger partial charge on any atom is 0.145 e. The molecule has 2 aromatic rings. The Morgan fingerprint density at radius 3 is 2.80 bits per heavy atom. The van der Waals surface area contributed by atoms with E-state index in [0.717, 1.165) is 28.0 Å². The van der Waals surface area contributed by atoms with E-state index in [-0.39, 0.29) is 0 Å². The summed E-state index contributed by atoms with van der Waals surface area (Å²) >= 11 is 3.52. The van der Waals surface area contributed by atoms with Crippen LogP contribution in [-0.2, 0) is 13.2 Å². The van der Waals surface area contributed by atoms with Crippen LogP contribution in [0.15, 0.2) is 27.3 Å². The summed E-state index contributed by atoms with van der Waals surface area (Å²) in [6, 6.07) is 6.42. The van der Waals surface area contributed by atoms with Crippen molar-refractivity contribution in [3.8, 4) is 5.75 Å². The minimum absolute atomic E-state index is 0.340. The molecule has 0 unspecified atom stereocenters. The zero-order valence-corrected chi connectivity index (χ0v) is 13.4. The topological polar surface area (TPSA) is 60.2 Å². The van der Waals surface area contributed by atoms with Gasteiger partial charge >= 0.3 is 0 Å². The lowest BCUT2D eigenvalue weighted by atomic mass is 10.2. The van der Waals surface area contributed by atoms with Crippen LogP contribution in [0.1, 0.15) is 30.8 Å². The second-order valence-corrected chi connectivity index (χ2v) is 5.70. The molecule has 1 aromatic heterocycles. The molecule has 1 N–H and O–H groups in total. The van der Waals surface area contributed by atoms with Crippen molar-refractivity contribution in [3.63, 3.8) is 0 Å². The van der Waals surface area contributed by atoms with Gasteiger partial charge in [0.25, 0.3) is 0 Å². The van der Waals surface area contributed by atoms with E-state index in [2.05, 4.69) is 50.0 Å². The van der Waals surface area contributed by atoms with Crippen LogP contribution in [0, 0.1) is 6.92 Å². The third-order valence-corrected chi connectivity index (χ3v) is 3.47. The summed E-state index contributed by atoms with van der Waals surface area (Å²) in [6.07, 6.45) is 0. The molecular formula is C14H18BrN3O2. The highest BCUT2D eigenvalue weighted by molar-refractivity contribution is 9.10. The van der Waals surface area contributed by atoms with Crippen LogP contribution >= 0.6 is 15.9 Å². The first kappa shape index (κ1) is 15.0. The van der Waals surface area contributed by atoms with Gasteiger partial charge in [-0.2, -0.15) is 0 Å². The van der Waals surface area contributed by atoms with E-state index in [0.29, 0.717) is 18.3 Å². The molecule has 1 aromatic carbocycles. The number of nitrogens with zero attached hydrogens (tertiary/aromatic N) is 2. The van der Waals surface area contributed by atoms with Crippen molar-refractivity contribution in [2.75, 3.05) is 0 Å². The normalized spacial score (nSPS) is 11.1. The number of nitrogens with one attached hydrogen (secondary N) is 1. The van der Waals surface area contributed by atoms with Crippen molar-refractivity contribution in [2.24, 2.45) is 0 Å². The predicted octanol–water partition coefficient (Wildman–Crippen LogP) is 3.22. The van der Waals surface area contributed by atoms with E-state index in [4.69, 9.17) is 4.74 Å². The zero-order chi connectivity index (χ0) is 14.5. The van der Waals surface area contributed by atoms with Crippen molar-refractivity contribution < 1.29 is 9.37 Å². The molecule has 2 rings (SSSR count). The molecule has 0 atom stereocenters. The molecule has 0 saturated heterocycles. The van der Waals surface area contributed by atoms with Crippen LogP contribution in [-0.4, -0.2) is 16.4 Å². The summed E-state index contributed by atoms with van der Waals surface area (Å²) in [5, 5.41) is 11.0. The largest absolute Gasteiger partial charge is 0.486 e. The Balaban J connectivity index is 2.11. The van der Waals surface area contributed by atoms with Crippen LogP contribution in [0.2, 0.25) is 0 Å². The highest BCUT2D eigenvalue weighted by atomic mass is 79.9. The standard InChI is InChI=1S/C14H18BrN3O2/c1-9(2)16-7-11-5-4-6-12(15)14(11)19-8-13-10(3)17-20-18-13/h4-6,9,16H,7-8H2,1-3H3. The van der Waals surface area contributed by atoms with Gasteiger partial charge in [0, 0.05) is 18.2 Å². The zero-order valence-electron chi connectivity index (χ0n) is 11.8. The molecule has 5 nitrogen and oxygen atoms in total. The Hall–Kier alpha value is -1.40. The number of rotatable bonds is 6. The second-order valence-electron chi connectivity index (χ2n) is 4.85. The molecule has 0 amide bonds. The highest BCUT2D eigenvalue weighted by Gasteiger charge is 2.11. The van der Waals surface area contributed by atoms with Gasteiger partial charge in [-0.25, -0.2) is 4.63 Å². The molecule has 0 fully saturated rings. The van der Waals surface area contributed by atoms with Gasteiger partial charge in [0.05, 0.1) is 4.47 Å². The van der Waals surface area contributed by atoms with Gasteiger partial charge in [-0.3, -0.25) is 0 Å². The minimum atomic E-state index is 0.340. The number of hydrogen-bond acceptors (Lipinski definition) is 5. The molecule has 0 radical (unpaired) electrons. The van der Waals surface area contributed by atoms with Crippen molar-refractivity contribution in [2.45, 2.75) is 40.0 Å².